The highest BCUT2D eigenvalue weighted by atomic mass is 32.2. The average Bonchev–Trinajstić information content (AvgIpc) is 4.06. The quantitative estimate of drug-likeness (QED) is 0.141. The molecule has 15 nitrogen and oxygen atoms in total. The van der Waals surface area contributed by atoms with Crippen LogP contribution in [0.1, 0.15) is 97.3 Å². The Hall–Kier alpha value is -5.64. The number of nitrogens with one attached hydrogen (secondary N) is 3. The summed E-state index contributed by atoms with van der Waals surface area (Å²) in [5.74, 6) is -1.26. The van der Waals surface area contributed by atoms with Crippen molar-refractivity contribution >= 4 is 55.9 Å². The molecule has 63 heavy (non-hydrogen) atoms. The van der Waals surface area contributed by atoms with Gasteiger partial charge >= 0.3 is 6.09 Å². The number of benzene rings is 2. The zero-order valence-corrected chi connectivity index (χ0v) is 36.5. The number of para-hydroxylation sites is 1. The van der Waals surface area contributed by atoms with Gasteiger partial charge in [-0.05, 0) is 114 Å². The molecule has 9 rings (SSSR count). The standard InChI is InChI=1S/C47H55N5O10S/c1-28(2)59-32-20-18-29(19-21-32)37-25-40(42-41(48-37)35-15-10-11-17-39(35)62-42)60-33-24-38-43(53)50-47(45(55)51-63(57,58)34-22-23-34)26-30(47)12-6-4-3-5-7-16-36(44(54)52(38)27-33)49-46(56)61-31-13-8-9-14-31/h6,10-12,15,17-21,25,28,30-31,33-34,36,38H,3-5,7-9,13-14,16,22-24,26-27H2,1-2H3,(H,49,56)(H,50,53)(H,51,55)/b12-6-/t30-,33+,36-,38-,47+/m0/s1. The van der Waals surface area contributed by atoms with Gasteiger partial charge in [-0.2, -0.15) is 0 Å². The second-order valence-electron chi connectivity index (χ2n) is 18.0. The normalized spacial score (nSPS) is 26.3. The molecule has 0 bridgehead atoms. The first-order valence-corrected chi connectivity index (χ1v) is 24.0. The smallest absolute Gasteiger partial charge is 0.408 e. The maximum absolute atomic E-state index is 14.8. The monoisotopic (exact) mass is 881 g/mol. The largest absolute Gasteiger partial charge is 0.491 e. The maximum Gasteiger partial charge on any atom is 0.408 e. The number of amides is 4. The van der Waals surface area contributed by atoms with E-state index in [1.54, 1.807) is 6.07 Å². The summed E-state index contributed by atoms with van der Waals surface area (Å²) >= 11 is 0. The van der Waals surface area contributed by atoms with Crippen LogP contribution in [0.25, 0.3) is 33.3 Å². The Labute approximate surface area is 366 Å². The van der Waals surface area contributed by atoms with E-state index in [-0.39, 0.29) is 31.6 Å². The summed E-state index contributed by atoms with van der Waals surface area (Å²) in [7, 11) is -3.92. The molecule has 2 aromatic carbocycles. The fourth-order valence-corrected chi connectivity index (χ4v) is 10.6. The van der Waals surface area contributed by atoms with Gasteiger partial charge in [-0.25, -0.2) is 18.2 Å². The van der Waals surface area contributed by atoms with E-state index in [1.165, 1.54) is 4.90 Å². The van der Waals surface area contributed by atoms with Gasteiger partial charge in [-0.1, -0.05) is 37.1 Å². The summed E-state index contributed by atoms with van der Waals surface area (Å²) in [6.45, 7) is 3.89. The molecule has 5 atom stereocenters. The molecule has 334 valence electrons. The summed E-state index contributed by atoms with van der Waals surface area (Å²) in [6, 6.07) is 14.8. The van der Waals surface area contributed by atoms with Crippen molar-refractivity contribution in [3.05, 3.63) is 66.7 Å². The van der Waals surface area contributed by atoms with Gasteiger partial charge < -0.3 is 34.2 Å². The summed E-state index contributed by atoms with van der Waals surface area (Å²) < 4.78 is 53.0. The van der Waals surface area contributed by atoms with E-state index < -0.39 is 68.7 Å². The van der Waals surface area contributed by atoms with Gasteiger partial charge in [-0.3, -0.25) is 19.1 Å². The van der Waals surface area contributed by atoms with Crippen molar-refractivity contribution in [3.8, 4) is 22.8 Å². The number of carbonyl (C=O) groups excluding carboxylic acids is 4. The number of nitrogens with zero attached hydrogens (tertiary/aromatic N) is 2. The van der Waals surface area contributed by atoms with Crippen LogP contribution in [0.15, 0.2) is 71.2 Å². The third-order valence-electron chi connectivity index (χ3n) is 12.8. The molecular formula is C47H55N5O10S. The molecule has 3 N–H and O–H groups in total. The third-order valence-corrected chi connectivity index (χ3v) is 14.6. The highest BCUT2D eigenvalue weighted by molar-refractivity contribution is 7.91. The number of aromatic nitrogens is 1. The summed E-state index contributed by atoms with van der Waals surface area (Å²) in [5.41, 5.74) is 1.46. The van der Waals surface area contributed by atoms with Crippen molar-refractivity contribution in [2.75, 3.05) is 6.54 Å². The molecule has 4 aromatic rings. The fraction of sp³-hybridized carbons (Fsp3) is 0.511. The number of furan rings is 1. The number of sulfonamides is 1. The van der Waals surface area contributed by atoms with Crippen LogP contribution in [0.3, 0.4) is 0 Å². The fourth-order valence-electron chi connectivity index (χ4n) is 9.22. The van der Waals surface area contributed by atoms with Gasteiger partial charge in [0.25, 0.3) is 5.91 Å². The SMILES string of the molecule is CC(C)Oc1ccc(-c2cc(O[C@@H]3C[C@H]4C(=O)N[C@]5(C(=O)NS(=O)(=O)C6CC6)C[C@@H]5/C=C\CCCCC[C@H](NC(=O)OC5CCCC5)C(=O)N4C3)c3oc4ccccc4c3n2)cc1. The van der Waals surface area contributed by atoms with Crippen LogP contribution in [0, 0.1) is 5.92 Å². The summed E-state index contributed by atoms with van der Waals surface area (Å²) in [4.78, 5) is 63.2. The van der Waals surface area contributed by atoms with E-state index in [1.807, 2.05) is 74.5 Å². The molecule has 16 heteroatoms. The lowest BCUT2D eigenvalue weighted by Gasteiger charge is -2.30. The molecular weight excluding hydrogens is 827 g/mol. The Kier molecular flexibility index (Phi) is 11.8. The van der Waals surface area contributed by atoms with E-state index >= 15 is 0 Å². The molecule has 1 saturated heterocycles. The number of rotatable bonds is 10. The minimum Gasteiger partial charge on any atom is -0.491 e. The van der Waals surface area contributed by atoms with Crippen LogP contribution in [-0.4, -0.2) is 89.8 Å². The zero-order valence-electron chi connectivity index (χ0n) is 35.7. The minimum atomic E-state index is -3.92. The molecule has 3 aliphatic carbocycles. The van der Waals surface area contributed by atoms with Crippen LogP contribution in [0.5, 0.6) is 11.5 Å². The van der Waals surface area contributed by atoms with Crippen LogP contribution >= 0.6 is 0 Å². The number of alkyl carbamates (subject to hydrolysis) is 1. The second-order valence-corrected chi connectivity index (χ2v) is 19.9. The lowest BCUT2D eigenvalue weighted by molar-refractivity contribution is -0.141. The van der Waals surface area contributed by atoms with Crippen molar-refractivity contribution in [3.63, 3.8) is 0 Å². The van der Waals surface area contributed by atoms with Gasteiger partial charge in [0.2, 0.25) is 21.8 Å². The highest BCUT2D eigenvalue weighted by Crippen LogP contribution is 2.46. The number of pyridine rings is 1. The van der Waals surface area contributed by atoms with Gasteiger partial charge in [0.05, 0.1) is 23.6 Å². The van der Waals surface area contributed by atoms with E-state index in [0.717, 1.165) is 49.5 Å². The first-order valence-electron chi connectivity index (χ1n) is 22.5. The molecule has 5 aliphatic rings. The molecule has 0 unspecified atom stereocenters. The van der Waals surface area contributed by atoms with Crippen LogP contribution in [-0.2, 0) is 29.1 Å². The Morgan fingerprint density at radius 3 is 2.48 bits per heavy atom. The van der Waals surface area contributed by atoms with E-state index in [9.17, 15) is 27.6 Å². The number of hydrogen-bond donors (Lipinski definition) is 3. The molecule has 2 aliphatic heterocycles. The Balaban J connectivity index is 1.05. The third kappa shape index (κ3) is 9.23. The van der Waals surface area contributed by atoms with E-state index in [4.69, 9.17) is 23.6 Å². The Morgan fingerprint density at radius 1 is 0.952 bits per heavy atom. The highest BCUT2D eigenvalue weighted by Gasteiger charge is 2.62. The van der Waals surface area contributed by atoms with Crippen LogP contribution in [0.2, 0.25) is 0 Å². The summed E-state index contributed by atoms with van der Waals surface area (Å²) in [5, 5.41) is 5.91. The second kappa shape index (κ2) is 17.5. The van der Waals surface area contributed by atoms with Crippen molar-refractivity contribution < 1.29 is 46.2 Å². The molecule has 4 heterocycles. The molecule has 0 spiro atoms. The topological polar surface area (TPSA) is 195 Å². The molecule has 3 saturated carbocycles. The number of hydrogen-bond acceptors (Lipinski definition) is 11. The molecule has 0 radical (unpaired) electrons. The first kappa shape index (κ1) is 42.7. The van der Waals surface area contributed by atoms with Gasteiger partial charge in [-0.15, -0.1) is 0 Å². The van der Waals surface area contributed by atoms with Gasteiger partial charge in [0.1, 0.15) is 46.7 Å². The first-order chi connectivity index (χ1) is 30.4. The predicted octanol–water partition coefficient (Wildman–Crippen LogP) is 6.82. The zero-order chi connectivity index (χ0) is 43.9. The van der Waals surface area contributed by atoms with Gasteiger partial charge in [0.15, 0.2) is 11.3 Å². The number of fused-ring (bicyclic) bond motifs is 5. The van der Waals surface area contributed by atoms with Crippen molar-refractivity contribution in [2.24, 2.45) is 5.92 Å². The van der Waals surface area contributed by atoms with Crippen molar-refractivity contribution in [1.29, 1.82) is 0 Å². The lowest BCUT2D eigenvalue weighted by atomic mass is 10.0. The average molecular weight is 882 g/mol. The number of allylic oxidation sites excluding steroid dienone is 1. The van der Waals surface area contributed by atoms with Crippen molar-refractivity contribution in [2.45, 2.75) is 139 Å². The van der Waals surface area contributed by atoms with Crippen molar-refractivity contribution in [1.82, 2.24) is 25.2 Å². The Morgan fingerprint density at radius 2 is 1.71 bits per heavy atom. The molecule has 4 amide bonds. The van der Waals surface area contributed by atoms with Gasteiger partial charge in [0, 0.05) is 29.4 Å². The number of carbonyl (C=O) groups is 4. The van der Waals surface area contributed by atoms with E-state index in [0.29, 0.717) is 66.0 Å². The Bertz CT molecular complexity index is 2530. The lowest BCUT2D eigenvalue weighted by Crippen LogP contribution is -2.58. The van der Waals surface area contributed by atoms with E-state index in [2.05, 4.69) is 15.4 Å². The van der Waals surface area contributed by atoms with Crippen LogP contribution in [0.4, 0.5) is 4.79 Å². The summed E-state index contributed by atoms with van der Waals surface area (Å²) in [6.07, 6.45) is 10.00. The predicted molar refractivity (Wildman–Crippen MR) is 234 cm³/mol. The molecule has 2 aromatic heterocycles. The molecule has 4 fully saturated rings. The maximum atomic E-state index is 14.8. The van der Waals surface area contributed by atoms with Crippen LogP contribution < -0.4 is 24.8 Å². The minimum absolute atomic E-state index is 0.00252. The number of ether oxygens (including phenoxy) is 3.